The first kappa shape index (κ1) is 25.9. The predicted octanol–water partition coefficient (Wildman–Crippen LogP) is 4.01. The molecule has 1 fully saturated rings. The van der Waals surface area contributed by atoms with Crippen molar-refractivity contribution in [2.75, 3.05) is 21.0 Å². The number of ketones is 1. The molecular formula is C25H31FO8. The van der Waals surface area contributed by atoms with Gasteiger partial charge in [-0.25, -0.2) is 9.18 Å². The Morgan fingerprint density at radius 2 is 1.85 bits per heavy atom. The second kappa shape index (κ2) is 10.2. The Morgan fingerprint density at radius 3 is 2.53 bits per heavy atom. The van der Waals surface area contributed by atoms with Gasteiger partial charge in [-0.05, 0) is 57.9 Å². The summed E-state index contributed by atoms with van der Waals surface area (Å²) in [6, 6.07) is 3.16. The molecule has 9 heteroatoms. The minimum Gasteiger partial charge on any atom is -0.497 e. The highest BCUT2D eigenvalue weighted by molar-refractivity contribution is 5.97. The molecule has 186 valence electrons. The van der Waals surface area contributed by atoms with Gasteiger partial charge in [0.05, 0.1) is 13.2 Å². The number of cyclic esters (lactones) is 1. The molecule has 1 aromatic carbocycles. The monoisotopic (exact) mass is 478 g/mol. The second-order valence-corrected chi connectivity index (χ2v) is 8.81. The maximum atomic E-state index is 15.4. The zero-order chi connectivity index (χ0) is 25.1. The van der Waals surface area contributed by atoms with Gasteiger partial charge in [0.25, 0.3) is 0 Å². The normalized spacial score (nSPS) is 29.1. The standard InChI is InChI=1S/C25H31FO8/c1-15-25(4,26)11-10-18(27)22-19(33-24(2,3)34-22)9-7-8-16-12-17(30-6)13-20(31-14-29-5)21(16)23(28)32-15/h7-8,10-13,15,19,22H,9,14H2,1-6H3/t15?,19-,22?,25?/m0/s1. The molecule has 0 aliphatic carbocycles. The van der Waals surface area contributed by atoms with Crippen molar-refractivity contribution in [3.05, 3.63) is 41.5 Å². The van der Waals surface area contributed by atoms with Crippen LogP contribution < -0.4 is 9.47 Å². The molecule has 0 spiro atoms. The summed E-state index contributed by atoms with van der Waals surface area (Å²) in [6.45, 7) is 5.94. The average Bonchev–Trinajstić information content (AvgIpc) is 3.09. The summed E-state index contributed by atoms with van der Waals surface area (Å²) >= 11 is 0. The van der Waals surface area contributed by atoms with Gasteiger partial charge in [0.15, 0.2) is 24.0 Å². The van der Waals surface area contributed by atoms with Crippen molar-refractivity contribution in [2.24, 2.45) is 0 Å². The van der Waals surface area contributed by atoms with Crippen molar-refractivity contribution >= 4 is 17.8 Å². The van der Waals surface area contributed by atoms with E-state index in [1.54, 1.807) is 32.1 Å². The number of halogens is 1. The molecule has 1 aromatic rings. The first-order valence-corrected chi connectivity index (χ1v) is 11.0. The molecule has 4 atom stereocenters. The van der Waals surface area contributed by atoms with Crippen LogP contribution in [0.15, 0.2) is 30.4 Å². The number of esters is 1. The van der Waals surface area contributed by atoms with Crippen LogP contribution >= 0.6 is 0 Å². The maximum absolute atomic E-state index is 15.4. The largest absolute Gasteiger partial charge is 0.497 e. The zero-order valence-corrected chi connectivity index (χ0v) is 20.3. The summed E-state index contributed by atoms with van der Waals surface area (Å²) in [7, 11) is 2.93. The number of alkyl halides is 1. The van der Waals surface area contributed by atoms with Crippen molar-refractivity contribution < 1.29 is 42.4 Å². The van der Waals surface area contributed by atoms with Crippen molar-refractivity contribution in [1.29, 1.82) is 0 Å². The second-order valence-electron chi connectivity index (χ2n) is 8.81. The van der Waals surface area contributed by atoms with Crippen molar-refractivity contribution in [3.8, 4) is 11.5 Å². The van der Waals surface area contributed by atoms with Gasteiger partial charge >= 0.3 is 5.97 Å². The van der Waals surface area contributed by atoms with Crippen LogP contribution in [0.4, 0.5) is 4.39 Å². The van der Waals surface area contributed by atoms with E-state index in [9.17, 15) is 9.59 Å². The molecule has 34 heavy (non-hydrogen) atoms. The lowest BCUT2D eigenvalue weighted by Crippen LogP contribution is -2.36. The smallest absolute Gasteiger partial charge is 0.342 e. The van der Waals surface area contributed by atoms with Gasteiger partial charge in [0, 0.05) is 13.2 Å². The van der Waals surface area contributed by atoms with E-state index in [2.05, 4.69) is 0 Å². The Hall–Kier alpha value is -2.75. The molecule has 0 bridgehead atoms. The Balaban J connectivity index is 2.11. The lowest BCUT2D eigenvalue weighted by molar-refractivity contribution is -0.152. The summed E-state index contributed by atoms with van der Waals surface area (Å²) in [5, 5.41) is 0. The summed E-state index contributed by atoms with van der Waals surface area (Å²) < 4.78 is 48.5. The molecule has 2 heterocycles. The molecule has 1 saturated heterocycles. The first-order valence-electron chi connectivity index (χ1n) is 11.0. The third-order valence-corrected chi connectivity index (χ3v) is 5.66. The highest BCUT2D eigenvalue weighted by Gasteiger charge is 2.44. The van der Waals surface area contributed by atoms with Crippen LogP contribution in [0.3, 0.4) is 0 Å². The van der Waals surface area contributed by atoms with E-state index < -0.39 is 41.5 Å². The first-order chi connectivity index (χ1) is 16.0. The van der Waals surface area contributed by atoms with Gasteiger partial charge in [-0.2, -0.15) is 0 Å². The molecule has 8 nitrogen and oxygen atoms in total. The van der Waals surface area contributed by atoms with Gasteiger partial charge < -0.3 is 28.4 Å². The fourth-order valence-electron chi connectivity index (χ4n) is 3.70. The number of hydrogen-bond acceptors (Lipinski definition) is 8. The van der Waals surface area contributed by atoms with Crippen molar-refractivity contribution in [1.82, 2.24) is 0 Å². The molecule has 3 rings (SSSR count). The molecule has 0 N–H and O–H groups in total. The van der Waals surface area contributed by atoms with Crippen LogP contribution in [0.5, 0.6) is 11.5 Å². The lowest BCUT2D eigenvalue weighted by atomic mass is 9.98. The van der Waals surface area contributed by atoms with Crippen LogP contribution in [0.1, 0.15) is 50.0 Å². The van der Waals surface area contributed by atoms with E-state index in [1.165, 1.54) is 34.1 Å². The predicted molar refractivity (Wildman–Crippen MR) is 122 cm³/mol. The maximum Gasteiger partial charge on any atom is 0.342 e. The minimum absolute atomic E-state index is 0.0920. The van der Waals surface area contributed by atoms with Crippen LogP contribution in [0.2, 0.25) is 0 Å². The van der Waals surface area contributed by atoms with E-state index in [4.69, 9.17) is 28.4 Å². The van der Waals surface area contributed by atoms with E-state index in [0.717, 1.165) is 12.2 Å². The molecule has 2 aliphatic rings. The van der Waals surface area contributed by atoms with E-state index in [1.807, 2.05) is 0 Å². The highest BCUT2D eigenvalue weighted by Crippen LogP contribution is 2.35. The molecular weight excluding hydrogens is 447 g/mol. The third-order valence-electron chi connectivity index (χ3n) is 5.66. The number of carbonyl (C=O) groups is 2. The van der Waals surface area contributed by atoms with Crippen LogP contribution in [-0.2, 0) is 23.7 Å². The summed E-state index contributed by atoms with van der Waals surface area (Å²) in [5.41, 5.74) is -1.61. The van der Waals surface area contributed by atoms with Crippen LogP contribution in [-0.4, -0.2) is 62.5 Å². The quantitative estimate of drug-likeness (QED) is 0.474. The van der Waals surface area contributed by atoms with Gasteiger partial charge in [-0.1, -0.05) is 12.2 Å². The fourth-order valence-corrected chi connectivity index (χ4v) is 3.70. The summed E-state index contributed by atoms with van der Waals surface area (Å²) in [5.74, 6) is -1.60. The van der Waals surface area contributed by atoms with Gasteiger partial charge in [-0.3, -0.25) is 4.79 Å². The Bertz CT molecular complexity index is 981. The van der Waals surface area contributed by atoms with Gasteiger partial charge in [0.1, 0.15) is 29.3 Å². The Labute approximate surface area is 198 Å². The van der Waals surface area contributed by atoms with E-state index in [0.29, 0.717) is 17.7 Å². The number of ether oxygens (including phenoxy) is 6. The highest BCUT2D eigenvalue weighted by atomic mass is 19.1. The summed E-state index contributed by atoms with van der Waals surface area (Å²) in [4.78, 5) is 26.0. The van der Waals surface area contributed by atoms with Crippen LogP contribution in [0, 0.1) is 0 Å². The molecule has 2 aliphatic heterocycles. The molecule has 0 amide bonds. The number of hydrogen-bond donors (Lipinski definition) is 0. The molecule has 3 unspecified atom stereocenters. The minimum atomic E-state index is -2.13. The molecule has 0 saturated carbocycles. The summed E-state index contributed by atoms with van der Waals surface area (Å²) in [6.07, 6.45) is 3.23. The number of carbonyl (C=O) groups excluding carboxylic acids is 2. The number of benzene rings is 1. The van der Waals surface area contributed by atoms with E-state index in [-0.39, 0.29) is 18.1 Å². The lowest BCUT2D eigenvalue weighted by Gasteiger charge is -2.25. The van der Waals surface area contributed by atoms with E-state index >= 15 is 4.39 Å². The van der Waals surface area contributed by atoms with Crippen LogP contribution in [0.25, 0.3) is 6.08 Å². The zero-order valence-electron chi connectivity index (χ0n) is 20.3. The van der Waals surface area contributed by atoms with Crippen molar-refractivity contribution in [2.45, 2.75) is 63.9 Å². The topological polar surface area (TPSA) is 89.5 Å². The molecule has 0 radical (unpaired) electrons. The van der Waals surface area contributed by atoms with Crippen molar-refractivity contribution in [3.63, 3.8) is 0 Å². The number of rotatable bonds is 4. The third kappa shape index (κ3) is 5.84. The fraction of sp³-hybridized carbons (Fsp3) is 0.520. The number of fused-ring (bicyclic) bond motifs is 2. The van der Waals surface area contributed by atoms with Gasteiger partial charge in [0.2, 0.25) is 0 Å². The van der Waals surface area contributed by atoms with Gasteiger partial charge in [-0.15, -0.1) is 0 Å². The Morgan fingerprint density at radius 1 is 1.12 bits per heavy atom. The number of methoxy groups -OCH3 is 2. The average molecular weight is 479 g/mol. The SMILES string of the molecule is COCOc1cc(OC)cc2c1C(=O)OC(C)C(C)(F)C=CC(=O)C1OC(C)(C)O[C@H]1CC=C2. The Kier molecular flexibility index (Phi) is 7.80. The molecule has 0 aromatic heterocycles.